The Labute approximate surface area is 397 Å². The summed E-state index contributed by atoms with van der Waals surface area (Å²) in [5, 5.41) is 0. The Morgan fingerprint density at radius 2 is 0.578 bits per heavy atom. The Hall–Kier alpha value is -2.63. The molecular formula is C58H104O6. The fourth-order valence-corrected chi connectivity index (χ4v) is 7.84. The Kier molecular flexibility index (Phi) is 50.8. The van der Waals surface area contributed by atoms with E-state index >= 15 is 0 Å². The first-order valence-corrected chi connectivity index (χ1v) is 27.6. The van der Waals surface area contributed by atoms with Crippen molar-refractivity contribution in [1.29, 1.82) is 0 Å². The van der Waals surface area contributed by atoms with Gasteiger partial charge in [0, 0.05) is 19.3 Å². The van der Waals surface area contributed by atoms with E-state index in [0.717, 1.165) is 89.9 Å². The summed E-state index contributed by atoms with van der Waals surface area (Å²) < 4.78 is 16.8. The molecule has 0 aromatic rings. The van der Waals surface area contributed by atoms with E-state index in [0.29, 0.717) is 19.3 Å². The number of hydrogen-bond acceptors (Lipinski definition) is 6. The first kappa shape index (κ1) is 61.4. The minimum atomic E-state index is -0.779. The summed E-state index contributed by atoms with van der Waals surface area (Å²) in [6.45, 7) is 6.59. The largest absolute Gasteiger partial charge is 0.462 e. The lowest BCUT2D eigenvalue weighted by Crippen LogP contribution is -2.30. The molecule has 0 bridgehead atoms. The standard InChI is InChI=1S/C58H104O6/c1-4-7-10-13-16-19-22-24-26-27-28-29-30-31-32-34-36-39-42-45-48-51-57(60)63-54-55(53-62-56(59)50-47-44-41-38-35-21-18-15-12-9-6-3)64-58(61)52-49-46-43-40-37-33-25-23-20-17-14-11-8-5-2/h14,17,22-25,27-28,55H,4-13,15-16,18-21,26,29-54H2,1-3H3/b17-14-,24-22-,25-23-,28-27-. The van der Waals surface area contributed by atoms with Crippen LogP contribution in [-0.4, -0.2) is 37.2 Å². The molecule has 1 unspecified atom stereocenters. The van der Waals surface area contributed by atoms with Crippen molar-refractivity contribution in [2.45, 2.75) is 290 Å². The van der Waals surface area contributed by atoms with Crippen LogP contribution in [0.3, 0.4) is 0 Å². The molecule has 0 rings (SSSR count). The molecule has 372 valence electrons. The van der Waals surface area contributed by atoms with Crippen LogP contribution >= 0.6 is 0 Å². The van der Waals surface area contributed by atoms with Crippen molar-refractivity contribution in [2.24, 2.45) is 0 Å². The lowest BCUT2D eigenvalue weighted by molar-refractivity contribution is -0.167. The average molecular weight is 897 g/mol. The quantitative estimate of drug-likeness (QED) is 0.0262. The minimum absolute atomic E-state index is 0.0778. The number of carbonyl (C=O) groups is 3. The number of esters is 3. The molecule has 0 aromatic carbocycles. The number of rotatable bonds is 50. The topological polar surface area (TPSA) is 78.9 Å². The number of ether oxygens (including phenoxy) is 3. The summed E-state index contributed by atoms with van der Waals surface area (Å²) in [5.41, 5.74) is 0. The van der Waals surface area contributed by atoms with Gasteiger partial charge < -0.3 is 14.2 Å². The van der Waals surface area contributed by atoms with Crippen molar-refractivity contribution >= 4 is 17.9 Å². The van der Waals surface area contributed by atoms with Crippen LogP contribution in [0.2, 0.25) is 0 Å². The molecule has 0 aromatic heterocycles. The van der Waals surface area contributed by atoms with Crippen molar-refractivity contribution in [1.82, 2.24) is 0 Å². The predicted octanol–water partition coefficient (Wildman–Crippen LogP) is 18.3. The van der Waals surface area contributed by atoms with Crippen LogP contribution < -0.4 is 0 Å². The van der Waals surface area contributed by atoms with Gasteiger partial charge in [-0.05, 0) is 77.0 Å². The van der Waals surface area contributed by atoms with Crippen molar-refractivity contribution in [3.05, 3.63) is 48.6 Å². The van der Waals surface area contributed by atoms with Gasteiger partial charge in [-0.15, -0.1) is 0 Å². The van der Waals surface area contributed by atoms with Gasteiger partial charge in [0.25, 0.3) is 0 Å². The van der Waals surface area contributed by atoms with Gasteiger partial charge in [0.1, 0.15) is 13.2 Å². The Morgan fingerprint density at radius 1 is 0.312 bits per heavy atom. The molecule has 1 atom stereocenters. The van der Waals surface area contributed by atoms with E-state index in [2.05, 4.69) is 69.4 Å². The van der Waals surface area contributed by atoms with Crippen LogP contribution in [-0.2, 0) is 28.6 Å². The second kappa shape index (κ2) is 53.0. The van der Waals surface area contributed by atoms with Crippen molar-refractivity contribution in [3.8, 4) is 0 Å². The lowest BCUT2D eigenvalue weighted by Gasteiger charge is -2.18. The van der Waals surface area contributed by atoms with E-state index in [-0.39, 0.29) is 31.1 Å². The number of carbonyl (C=O) groups excluding carboxylic acids is 3. The normalized spacial score (nSPS) is 12.4. The monoisotopic (exact) mass is 897 g/mol. The summed E-state index contributed by atoms with van der Waals surface area (Å²) >= 11 is 0. The fraction of sp³-hybridized carbons (Fsp3) is 0.810. The predicted molar refractivity (Wildman–Crippen MR) is 275 cm³/mol. The maximum atomic E-state index is 12.8. The van der Waals surface area contributed by atoms with Gasteiger partial charge in [-0.25, -0.2) is 0 Å². The zero-order valence-electron chi connectivity index (χ0n) is 42.6. The number of allylic oxidation sites excluding steroid dienone is 8. The maximum absolute atomic E-state index is 12.8. The highest BCUT2D eigenvalue weighted by atomic mass is 16.6. The van der Waals surface area contributed by atoms with Gasteiger partial charge >= 0.3 is 17.9 Å². The van der Waals surface area contributed by atoms with Gasteiger partial charge in [-0.3, -0.25) is 14.4 Å². The smallest absolute Gasteiger partial charge is 0.306 e. The molecular weight excluding hydrogens is 793 g/mol. The highest BCUT2D eigenvalue weighted by Gasteiger charge is 2.19. The Balaban J connectivity index is 4.31. The molecule has 0 heterocycles. The summed E-state index contributed by atoms with van der Waals surface area (Å²) in [6.07, 6.45) is 63.8. The fourth-order valence-electron chi connectivity index (χ4n) is 7.84. The summed E-state index contributed by atoms with van der Waals surface area (Å²) in [6, 6.07) is 0. The highest BCUT2D eigenvalue weighted by Crippen LogP contribution is 2.15. The van der Waals surface area contributed by atoms with E-state index in [1.54, 1.807) is 0 Å². The van der Waals surface area contributed by atoms with Gasteiger partial charge in [0.05, 0.1) is 0 Å². The molecule has 0 spiro atoms. The zero-order valence-corrected chi connectivity index (χ0v) is 42.6. The molecule has 0 aliphatic carbocycles. The average Bonchev–Trinajstić information content (AvgIpc) is 3.29. The molecule has 0 N–H and O–H groups in total. The van der Waals surface area contributed by atoms with Crippen molar-refractivity contribution in [3.63, 3.8) is 0 Å². The van der Waals surface area contributed by atoms with Gasteiger partial charge in [0.2, 0.25) is 0 Å². The molecule has 0 radical (unpaired) electrons. The van der Waals surface area contributed by atoms with E-state index < -0.39 is 6.10 Å². The molecule has 6 heteroatoms. The first-order valence-electron chi connectivity index (χ1n) is 27.6. The summed E-state index contributed by atoms with van der Waals surface area (Å²) in [4.78, 5) is 38.0. The summed E-state index contributed by atoms with van der Waals surface area (Å²) in [5.74, 6) is -0.887. The first-order chi connectivity index (χ1) is 31.5. The Bertz CT molecular complexity index is 1120. The summed E-state index contributed by atoms with van der Waals surface area (Å²) in [7, 11) is 0. The van der Waals surface area contributed by atoms with Crippen LogP contribution in [0.5, 0.6) is 0 Å². The van der Waals surface area contributed by atoms with E-state index in [1.165, 1.54) is 154 Å². The molecule has 0 fully saturated rings. The van der Waals surface area contributed by atoms with Crippen LogP contribution in [0, 0.1) is 0 Å². The third kappa shape index (κ3) is 50.4. The second-order valence-corrected chi connectivity index (χ2v) is 18.5. The minimum Gasteiger partial charge on any atom is -0.462 e. The molecule has 0 aliphatic heterocycles. The van der Waals surface area contributed by atoms with Crippen LogP contribution in [0.1, 0.15) is 284 Å². The molecule has 0 aliphatic rings. The Morgan fingerprint density at radius 3 is 0.906 bits per heavy atom. The number of hydrogen-bond donors (Lipinski definition) is 0. The van der Waals surface area contributed by atoms with E-state index in [1.807, 2.05) is 0 Å². The third-order valence-electron chi connectivity index (χ3n) is 12.1. The van der Waals surface area contributed by atoms with Crippen molar-refractivity contribution < 1.29 is 28.6 Å². The molecule has 0 saturated heterocycles. The van der Waals surface area contributed by atoms with Crippen LogP contribution in [0.25, 0.3) is 0 Å². The van der Waals surface area contributed by atoms with Gasteiger partial charge in [0.15, 0.2) is 6.10 Å². The SMILES string of the molecule is CCCC/C=C\C/C=C\CCCCCCCC(=O)OC(COC(=O)CCCCCCCCCCC/C=C\C/C=C\CCCCCCC)COC(=O)CCCCCCCCCCCCC. The highest BCUT2D eigenvalue weighted by molar-refractivity contribution is 5.71. The van der Waals surface area contributed by atoms with Gasteiger partial charge in [-0.1, -0.05) is 236 Å². The molecule has 6 nitrogen and oxygen atoms in total. The van der Waals surface area contributed by atoms with Crippen LogP contribution in [0.15, 0.2) is 48.6 Å². The molecule has 64 heavy (non-hydrogen) atoms. The zero-order chi connectivity index (χ0) is 46.5. The van der Waals surface area contributed by atoms with Crippen molar-refractivity contribution in [2.75, 3.05) is 13.2 Å². The maximum Gasteiger partial charge on any atom is 0.306 e. The molecule has 0 amide bonds. The molecule has 0 saturated carbocycles. The van der Waals surface area contributed by atoms with Gasteiger partial charge in [-0.2, -0.15) is 0 Å². The number of unbranched alkanes of at least 4 members (excludes halogenated alkanes) is 31. The lowest BCUT2D eigenvalue weighted by atomic mass is 10.1. The second-order valence-electron chi connectivity index (χ2n) is 18.5. The van der Waals surface area contributed by atoms with E-state index in [4.69, 9.17) is 14.2 Å². The van der Waals surface area contributed by atoms with E-state index in [9.17, 15) is 14.4 Å². The third-order valence-corrected chi connectivity index (χ3v) is 12.1. The van der Waals surface area contributed by atoms with Crippen LogP contribution in [0.4, 0.5) is 0 Å².